The van der Waals surface area contributed by atoms with E-state index >= 15 is 0 Å². The number of nitrogens with zero attached hydrogens (tertiary/aromatic N) is 1. The first-order valence-electron chi connectivity index (χ1n) is 3.15. The van der Waals surface area contributed by atoms with Crippen LogP contribution in [0.1, 0.15) is 5.56 Å². The lowest BCUT2D eigenvalue weighted by Crippen LogP contribution is -2.09. The number of aromatic nitrogens is 1. The molecular formula is C7H7BrN2S2. The first-order valence-corrected chi connectivity index (χ1v) is 5.57. The summed E-state index contributed by atoms with van der Waals surface area (Å²) in [4.78, 5) is 4.60. The maximum Gasteiger partial charge on any atom is 0.108 e. The molecule has 0 amide bonds. The summed E-state index contributed by atoms with van der Waals surface area (Å²) in [5, 5.41) is 0.909. The van der Waals surface area contributed by atoms with Gasteiger partial charge in [0, 0.05) is 5.56 Å². The van der Waals surface area contributed by atoms with E-state index in [1.165, 1.54) is 0 Å². The molecule has 1 rings (SSSR count). The van der Waals surface area contributed by atoms with Gasteiger partial charge in [0.05, 0.1) is 5.03 Å². The first-order chi connectivity index (χ1) is 5.63. The van der Waals surface area contributed by atoms with Gasteiger partial charge in [-0.05, 0) is 34.3 Å². The number of pyridine rings is 1. The van der Waals surface area contributed by atoms with Gasteiger partial charge in [0.15, 0.2) is 0 Å². The Morgan fingerprint density at radius 2 is 2.33 bits per heavy atom. The number of hydrogen-bond acceptors (Lipinski definition) is 3. The largest absolute Gasteiger partial charge is 0.389 e. The Bertz CT molecular complexity index is 314. The molecule has 12 heavy (non-hydrogen) atoms. The fraction of sp³-hybridized carbons (Fsp3) is 0.143. The Balaban J connectivity index is 3.15. The summed E-state index contributed by atoms with van der Waals surface area (Å²) >= 11 is 9.69. The van der Waals surface area contributed by atoms with E-state index in [9.17, 15) is 0 Å². The molecule has 1 aromatic rings. The molecule has 5 heteroatoms. The molecule has 64 valence electrons. The molecular weight excluding hydrogens is 256 g/mol. The molecule has 0 atom stereocenters. The van der Waals surface area contributed by atoms with E-state index in [0.29, 0.717) is 4.99 Å². The van der Waals surface area contributed by atoms with Crippen LogP contribution in [0.3, 0.4) is 0 Å². The van der Waals surface area contributed by atoms with E-state index in [0.717, 1.165) is 15.2 Å². The number of thioether (sulfide) groups is 1. The third-order valence-electron chi connectivity index (χ3n) is 1.26. The topological polar surface area (TPSA) is 38.9 Å². The van der Waals surface area contributed by atoms with Crippen LogP contribution in [-0.4, -0.2) is 16.2 Å². The third-order valence-corrected chi connectivity index (χ3v) is 2.53. The maximum absolute atomic E-state index is 5.48. The lowest BCUT2D eigenvalue weighted by Gasteiger charge is -2.01. The molecule has 2 N–H and O–H groups in total. The Hall–Kier alpha value is -0.130. The van der Waals surface area contributed by atoms with Crippen molar-refractivity contribution in [1.82, 2.24) is 4.98 Å². The molecule has 0 spiro atoms. The predicted molar refractivity (Wildman–Crippen MR) is 59.6 cm³/mol. The summed E-state index contributed by atoms with van der Waals surface area (Å²) in [6, 6.07) is 3.68. The van der Waals surface area contributed by atoms with Gasteiger partial charge in [-0.25, -0.2) is 4.98 Å². The van der Waals surface area contributed by atoms with Gasteiger partial charge < -0.3 is 5.73 Å². The summed E-state index contributed by atoms with van der Waals surface area (Å²) in [6.45, 7) is 0. The smallest absolute Gasteiger partial charge is 0.108 e. The molecule has 1 heterocycles. The van der Waals surface area contributed by atoms with Crippen molar-refractivity contribution in [3.63, 3.8) is 0 Å². The second kappa shape index (κ2) is 4.20. The van der Waals surface area contributed by atoms with Crippen LogP contribution in [0.15, 0.2) is 21.8 Å². The fourth-order valence-corrected chi connectivity index (χ4v) is 1.83. The number of nitrogens with two attached hydrogens (primary N) is 1. The first kappa shape index (κ1) is 9.95. The van der Waals surface area contributed by atoms with E-state index in [1.807, 2.05) is 18.4 Å². The summed E-state index contributed by atoms with van der Waals surface area (Å²) in [5.74, 6) is 0. The maximum atomic E-state index is 5.48. The van der Waals surface area contributed by atoms with Crippen LogP contribution >= 0.6 is 39.9 Å². The van der Waals surface area contributed by atoms with Crippen LogP contribution in [0, 0.1) is 0 Å². The molecule has 0 saturated heterocycles. The number of rotatable bonds is 2. The molecule has 0 aliphatic heterocycles. The molecule has 0 aliphatic carbocycles. The van der Waals surface area contributed by atoms with Gasteiger partial charge in [0.1, 0.15) is 9.59 Å². The van der Waals surface area contributed by atoms with Gasteiger partial charge in [-0.1, -0.05) is 12.2 Å². The SMILES string of the molecule is CSc1cc(C(N)=S)cc(Br)n1. The van der Waals surface area contributed by atoms with Crippen molar-refractivity contribution < 1.29 is 0 Å². The van der Waals surface area contributed by atoms with Gasteiger partial charge in [-0.3, -0.25) is 0 Å². The van der Waals surface area contributed by atoms with Crippen LogP contribution in [0.4, 0.5) is 0 Å². The highest BCUT2D eigenvalue weighted by Crippen LogP contribution is 2.18. The van der Waals surface area contributed by atoms with E-state index in [2.05, 4.69) is 20.9 Å². The minimum Gasteiger partial charge on any atom is -0.389 e. The highest BCUT2D eigenvalue weighted by Gasteiger charge is 2.01. The van der Waals surface area contributed by atoms with E-state index in [-0.39, 0.29) is 0 Å². The molecule has 0 bridgehead atoms. The summed E-state index contributed by atoms with van der Waals surface area (Å²) < 4.78 is 0.761. The minimum absolute atomic E-state index is 0.397. The summed E-state index contributed by atoms with van der Waals surface area (Å²) in [7, 11) is 0. The number of hydrogen-bond donors (Lipinski definition) is 1. The van der Waals surface area contributed by atoms with Crippen molar-refractivity contribution in [3.05, 3.63) is 22.3 Å². The zero-order valence-corrected chi connectivity index (χ0v) is 9.59. The monoisotopic (exact) mass is 262 g/mol. The Kier molecular flexibility index (Phi) is 3.49. The molecule has 0 radical (unpaired) electrons. The van der Waals surface area contributed by atoms with E-state index in [1.54, 1.807) is 11.8 Å². The zero-order valence-electron chi connectivity index (χ0n) is 6.37. The van der Waals surface area contributed by atoms with Crippen LogP contribution in [0.25, 0.3) is 0 Å². The second-order valence-corrected chi connectivity index (χ2v) is 4.16. The molecule has 0 aromatic carbocycles. The highest BCUT2D eigenvalue weighted by atomic mass is 79.9. The van der Waals surface area contributed by atoms with Gasteiger partial charge in [-0.2, -0.15) is 0 Å². The van der Waals surface area contributed by atoms with Crippen molar-refractivity contribution in [2.24, 2.45) is 5.73 Å². The number of halogens is 1. The molecule has 2 nitrogen and oxygen atoms in total. The van der Waals surface area contributed by atoms with Crippen molar-refractivity contribution in [3.8, 4) is 0 Å². The van der Waals surface area contributed by atoms with E-state index < -0.39 is 0 Å². The normalized spacial score (nSPS) is 9.83. The predicted octanol–water partition coefficient (Wildman–Crippen LogP) is 2.20. The van der Waals surface area contributed by atoms with Gasteiger partial charge in [0.2, 0.25) is 0 Å². The minimum atomic E-state index is 0.397. The van der Waals surface area contributed by atoms with Crippen molar-refractivity contribution in [1.29, 1.82) is 0 Å². The lowest BCUT2D eigenvalue weighted by atomic mass is 10.3. The van der Waals surface area contributed by atoms with Crippen LogP contribution in [0.5, 0.6) is 0 Å². The van der Waals surface area contributed by atoms with Crippen LogP contribution < -0.4 is 5.73 Å². The molecule has 0 saturated carbocycles. The standard InChI is InChI=1S/C7H7BrN2S2/c1-12-6-3-4(7(9)11)2-5(8)10-6/h2-3H,1H3,(H2,9,11). The Morgan fingerprint density at radius 1 is 1.67 bits per heavy atom. The molecule has 0 unspecified atom stereocenters. The summed E-state index contributed by atoms with van der Waals surface area (Å²) in [6.07, 6.45) is 1.96. The van der Waals surface area contributed by atoms with E-state index in [4.69, 9.17) is 18.0 Å². The average Bonchev–Trinajstić information content (AvgIpc) is 2.03. The van der Waals surface area contributed by atoms with Crippen LogP contribution in [-0.2, 0) is 0 Å². The number of thiocarbonyl (C=S) groups is 1. The van der Waals surface area contributed by atoms with Crippen molar-refractivity contribution in [2.45, 2.75) is 5.03 Å². The molecule has 0 aliphatic rings. The second-order valence-electron chi connectivity index (χ2n) is 2.09. The molecule has 1 aromatic heterocycles. The third kappa shape index (κ3) is 2.43. The van der Waals surface area contributed by atoms with Crippen LogP contribution in [0.2, 0.25) is 0 Å². The zero-order chi connectivity index (χ0) is 9.14. The fourth-order valence-electron chi connectivity index (χ4n) is 0.720. The van der Waals surface area contributed by atoms with Gasteiger partial charge in [0.25, 0.3) is 0 Å². The highest BCUT2D eigenvalue weighted by molar-refractivity contribution is 9.10. The van der Waals surface area contributed by atoms with Gasteiger partial charge >= 0.3 is 0 Å². The Morgan fingerprint density at radius 3 is 2.83 bits per heavy atom. The average molecular weight is 263 g/mol. The van der Waals surface area contributed by atoms with Crippen molar-refractivity contribution >= 4 is 44.9 Å². The quantitative estimate of drug-likeness (QED) is 0.504. The van der Waals surface area contributed by atoms with Gasteiger partial charge in [-0.15, -0.1) is 11.8 Å². The van der Waals surface area contributed by atoms with Crippen molar-refractivity contribution in [2.75, 3.05) is 6.26 Å². The lowest BCUT2D eigenvalue weighted by molar-refractivity contribution is 1.10. The summed E-state index contributed by atoms with van der Waals surface area (Å²) in [5.41, 5.74) is 6.32. The molecule has 0 fully saturated rings. The Labute approximate surface area is 89.1 Å².